The number of aromatic nitrogens is 1. The van der Waals surface area contributed by atoms with Gasteiger partial charge >= 0.3 is 12.1 Å². The lowest BCUT2D eigenvalue weighted by Crippen LogP contribution is -2.07. The summed E-state index contributed by atoms with van der Waals surface area (Å²) >= 11 is 0. The van der Waals surface area contributed by atoms with Crippen LogP contribution in [0.2, 0.25) is 0 Å². The molecule has 0 spiro atoms. The number of halogens is 3. The molecule has 0 fully saturated rings. The Balaban J connectivity index is 1.73. The van der Waals surface area contributed by atoms with E-state index in [-0.39, 0.29) is 12.5 Å². The molecule has 0 saturated heterocycles. The third-order valence-corrected chi connectivity index (χ3v) is 5.31. The number of benzene rings is 2. The normalized spacial score (nSPS) is 12.4. The van der Waals surface area contributed by atoms with E-state index in [9.17, 15) is 18.0 Å². The van der Waals surface area contributed by atoms with Crippen molar-refractivity contribution in [3.63, 3.8) is 0 Å². The zero-order valence-corrected chi connectivity index (χ0v) is 18.0. The summed E-state index contributed by atoms with van der Waals surface area (Å²) in [6.07, 6.45) is -4.13. The summed E-state index contributed by atoms with van der Waals surface area (Å²) in [5, 5.41) is 8.85. The molecular weight excluding hydrogens is 419 g/mol. The van der Waals surface area contributed by atoms with Crippen LogP contribution in [0.1, 0.15) is 47.4 Å². The van der Waals surface area contributed by atoms with Gasteiger partial charge in [0.2, 0.25) is 0 Å². The third-order valence-electron chi connectivity index (χ3n) is 5.31. The summed E-state index contributed by atoms with van der Waals surface area (Å²) in [6, 6.07) is 14.1. The second-order valence-electron chi connectivity index (χ2n) is 7.69. The lowest BCUT2D eigenvalue weighted by atomic mass is 10.0. The average molecular weight is 443 g/mol. The Morgan fingerprint density at radius 1 is 1.06 bits per heavy atom. The molecule has 0 saturated carbocycles. The second kappa shape index (κ2) is 9.42. The first kappa shape index (κ1) is 23.3. The summed E-state index contributed by atoms with van der Waals surface area (Å²) in [5.74, 6) is -0.165. The van der Waals surface area contributed by atoms with Crippen LogP contribution in [-0.2, 0) is 17.4 Å². The number of carboxylic acid groups (broad SMARTS) is 1. The van der Waals surface area contributed by atoms with Gasteiger partial charge < -0.3 is 9.84 Å². The number of carbonyl (C=O) groups is 1. The molecule has 0 aliphatic carbocycles. The lowest BCUT2D eigenvalue weighted by molar-refractivity contribution is -0.138. The van der Waals surface area contributed by atoms with Crippen molar-refractivity contribution in [2.75, 3.05) is 0 Å². The number of ether oxygens (including phenoxy) is 1. The van der Waals surface area contributed by atoms with Crippen molar-refractivity contribution in [1.82, 2.24) is 4.98 Å². The van der Waals surface area contributed by atoms with E-state index in [1.54, 1.807) is 6.07 Å². The summed E-state index contributed by atoms with van der Waals surface area (Å²) in [5.41, 5.74) is 4.02. The number of carboxylic acids is 1. The van der Waals surface area contributed by atoms with Gasteiger partial charge in [-0.05, 0) is 68.7 Å². The number of aliphatic carboxylic acids is 1. The third kappa shape index (κ3) is 5.66. The standard InChI is InChI=1S/C25H24F3NO3/c1-15-14-21(10-6-18(15)7-13-24(30)31)32-17(3)22-11-12-23(29-16(22)2)19-4-8-20(9-5-19)25(26,27)28/h4-6,8-12,14,17H,7,13H2,1-3H3,(H,30,31). The number of rotatable bonds is 7. The number of hydrogen-bond donors (Lipinski definition) is 1. The van der Waals surface area contributed by atoms with Gasteiger partial charge in [0.25, 0.3) is 0 Å². The fourth-order valence-electron chi connectivity index (χ4n) is 3.52. The maximum atomic E-state index is 12.8. The monoisotopic (exact) mass is 443 g/mol. The van der Waals surface area contributed by atoms with Crippen LogP contribution in [0.3, 0.4) is 0 Å². The number of pyridine rings is 1. The van der Waals surface area contributed by atoms with Crippen LogP contribution in [0.4, 0.5) is 13.2 Å². The fraction of sp³-hybridized carbons (Fsp3) is 0.280. The smallest absolute Gasteiger partial charge is 0.416 e. The molecule has 0 aliphatic heterocycles. The van der Waals surface area contributed by atoms with Crippen LogP contribution < -0.4 is 4.74 Å². The van der Waals surface area contributed by atoms with E-state index < -0.39 is 17.7 Å². The quantitative estimate of drug-likeness (QED) is 0.450. The van der Waals surface area contributed by atoms with E-state index >= 15 is 0 Å². The van der Waals surface area contributed by atoms with E-state index in [0.29, 0.717) is 23.4 Å². The molecule has 0 radical (unpaired) electrons. The highest BCUT2D eigenvalue weighted by Gasteiger charge is 2.30. The minimum atomic E-state index is -4.37. The zero-order valence-electron chi connectivity index (χ0n) is 18.0. The van der Waals surface area contributed by atoms with Gasteiger partial charge in [0, 0.05) is 23.2 Å². The number of aryl methyl sites for hydroxylation is 3. The zero-order chi connectivity index (χ0) is 23.5. The minimum absolute atomic E-state index is 0.0770. The van der Waals surface area contributed by atoms with Crippen LogP contribution in [0.25, 0.3) is 11.3 Å². The molecule has 32 heavy (non-hydrogen) atoms. The van der Waals surface area contributed by atoms with Gasteiger partial charge in [-0.1, -0.05) is 24.3 Å². The molecule has 1 aromatic heterocycles. The Labute approximate surface area is 184 Å². The highest BCUT2D eigenvalue weighted by molar-refractivity contribution is 5.67. The van der Waals surface area contributed by atoms with Crippen LogP contribution >= 0.6 is 0 Å². The molecular formula is C25H24F3NO3. The van der Waals surface area contributed by atoms with Crippen molar-refractivity contribution >= 4 is 5.97 Å². The van der Waals surface area contributed by atoms with Crippen LogP contribution in [0.15, 0.2) is 54.6 Å². The van der Waals surface area contributed by atoms with Crippen molar-refractivity contribution in [2.45, 2.75) is 45.9 Å². The first-order valence-electron chi connectivity index (χ1n) is 10.2. The van der Waals surface area contributed by atoms with Gasteiger partial charge in [0.05, 0.1) is 11.3 Å². The molecule has 3 rings (SSSR count). The van der Waals surface area contributed by atoms with Gasteiger partial charge in [-0.25, -0.2) is 0 Å². The van der Waals surface area contributed by atoms with E-state index in [1.807, 2.05) is 45.0 Å². The predicted molar refractivity (Wildman–Crippen MR) is 116 cm³/mol. The molecule has 0 amide bonds. The number of alkyl halides is 3. The summed E-state index contributed by atoms with van der Waals surface area (Å²) in [4.78, 5) is 15.3. The molecule has 7 heteroatoms. The highest BCUT2D eigenvalue weighted by Crippen LogP contribution is 2.31. The Morgan fingerprint density at radius 2 is 1.75 bits per heavy atom. The number of nitrogens with zero attached hydrogens (tertiary/aromatic N) is 1. The Hall–Kier alpha value is -3.35. The maximum absolute atomic E-state index is 12.8. The van der Waals surface area contributed by atoms with Crippen molar-refractivity contribution in [3.8, 4) is 17.0 Å². The first-order valence-corrected chi connectivity index (χ1v) is 10.2. The van der Waals surface area contributed by atoms with Crippen molar-refractivity contribution < 1.29 is 27.8 Å². The van der Waals surface area contributed by atoms with Crippen LogP contribution in [-0.4, -0.2) is 16.1 Å². The van der Waals surface area contributed by atoms with E-state index in [2.05, 4.69) is 4.98 Å². The molecule has 2 aromatic carbocycles. The molecule has 1 unspecified atom stereocenters. The molecule has 4 nitrogen and oxygen atoms in total. The van der Waals surface area contributed by atoms with Gasteiger partial charge in [-0.3, -0.25) is 9.78 Å². The SMILES string of the molecule is Cc1cc(OC(C)c2ccc(-c3ccc(C(F)(F)F)cc3)nc2C)ccc1CCC(=O)O. The Morgan fingerprint density at radius 3 is 2.31 bits per heavy atom. The first-order chi connectivity index (χ1) is 15.0. The summed E-state index contributed by atoms with van der Waals surface area (Å²) in [6.45, 7) is 5.65. The summed E-state index contributed by atoms with van der Waals surface area (Å²) in [7, 11) is 0. The van der Waals surface area contributed by atoms with Gasteiger partial charge in [0.15, 0.2) is 0 Å². The Kier molecular flexibility index (Phi) is 6.87. The minimum Gasteiger partial charge on any atom is -0.486 e. The molecule has 1 heterocycles. The van der Waals surface area contributed by atoms with Gasteiger partial charge in [0.1, 0.15) is 11.9 Å². The van der Waals surface area contributed by atoms with E-state index in [1.165, 1.54) is 12.1 Å². The average Bonchev–Trinajstić information content (AvgIpc) is 2.72. The van der Waals surface area contributed by atoms with Crippen molar-refractivity contribution in [1.29, 1.82) is 0 Å². The van der Waals surface area contributed by atoms with E-state index in [0.717, 1.165) is 34.5 Å². The molecule has 168 valence electrons. The van der Waals surface area contributed by atoms with Crippen molar-refractivity contribution in [2.24, 2.45) is 0 Å². The topological polar surface area (TPSA) is 59.4 Å². The van der Waals surface area contributed by atoms with Crippen LogP contribution in [0, 0.1) is 13.8 Å². The van der Waals surface area contributed by atoms with Gasteiger partial charge in [-0.2, -0.15) is 13.2 Å². The summed E-state index contributed by atoms with van der Waals surface area (Å²) < 4.78 is 44.4. The van der Waals surface area contributed by atoms with E-state index in [4.69, 9.17) is 9.84 Å². The van der Waals surface area contributed by atoms with Crippen molar-refractivity contribution in [3.05, 3.63) is 82.5 Å². The molecule has 0 aliphatic rings. The molecule has 1 N–H and O–H groups in total. The molecule has 3 aromatic rings. The fourth-order valence-corrected chi connectivity index (χ4v) is 3.52. The lowest BCUT2D eigenvalue weighted by Gasteiger charge is -2.18. The van der Waals surface area contributed by atoms with Gasteiger partial charge in [-0.15, -0.1) is 0 Å². The Bertz CT molecular complexity index is 1110. The second-order valence-corrected chi connectivity index (χ2v) is 7.69. The maximum Gasteiger partial charge on any atom is 0.416 e. The van der Waals surface area contributed by atoms with Crippen LogP contribution in [0.5, 0.6) is 5.75 Å². The molecule has 1 atom stereocenters. The number of hydrogen-bond acceptors (Lipinski definition) is 3. The molecule has 0 bridgehead atoms. The predicted octanol–water partition coefficient (Wildman–Crippen LogP) is 6.54. The largest absolute Gasteiger partial charge is 0.486 e. The highest BCUT2D eigenvalue weighted by atomic mass is 19.4.